The first kappa shape index (κ1) is 34.1. The van der Waals surface area contributed by atoms with Crippen molar-refractivity contribution in [2.45, 2.75) is 26.2 Å². The number of hydrogen-bond acceptors (Lipinski definition) is 2. The molecule has 0 N–H and O–H groups in total. The molecule has 0 aliphatic rings. The molecule has 7 heteroatoms. The third-order valence-electron chi connectivity index (χ3n) is 9.35. The quantitative estimate of drug-likeness (QED) is 0.143. The minimum atomic E-state index is 0. The Bertz CT molecular complexity index is 2410. The summed E-state index contributed by atoms with van der Waals surface area (Å²) < 4.78 is 8.58. The van der Waals surface area contributed by atoms with Gasteiger partial charge in [0.15, 0.2) is 0 Å². The van der Waals surface area contributed by atoms with Gasteiger partial charge in [-0.2, -0.15) is 82.9 Å². The summed E-state index contributed by atoms with van der Waals surface area (Å²) in [5.41, 5.74) is 9.03. The standard InChI is InChI=1S/C23H16N3.C23H17N3.Ir/c1-3-10-22-20(8-1)12-13-25(22)16-18-6-5-7-19(14-18)17-26-23-11-4-2-9-21(23)15-24-26;1-3-10-22-18(6-1)12-14-25(22)16-20-8-5-9-21(24-20)17-26-15-13-19-7-2-4-11-23(19)26;/h1-11,13H,16-17H2;1-11,14-15H,16-17H2;/q-3;-2;. The van der Waals surface area contributed by atoms with Gasteiger partial charge in [-0.1, -0.05) is 89.7 Å². The first-order valence-electron chi connectivity index (χ1n) is 17.4. The van der Waals surface area contributed by atoms with Crippen LogP contribution in [0.3, 0.4) is 0 Å². The number of hydrogen-bond donors (Lipinski definition) is 0. The molecule has 53 heavy (non-hydrogen) atoms. The Hall–Kier alpha value is -6.01. The van der Waals surface area contributed by atoms with Gasteiger partial charge >= 0.3 is 0 Å². The number of aromatic nitrogens is 6. The number of para-hydroxylation sites is 4. The second-order valence-electron chi connectivity index (χ2n) is 12.9. The van der Waals surface area contributed by atoms with Gasteiger partial charge in [-0.25, -0.2) is 0 Å². The van der Waals surface area contributed by atoms with Crippen molar-refractivity contribution >= 4 is 43.6 Å². The molecule has 10 rings (SSSR count). The summed E-state index contributed by atoms with van der Waals surface area (Å²) >= 11 is 0. The van der Waals surface area contributed by atoms with Crippen molar-refractivity contribution in [3.63, 3.8) is 0 Å². The van der Waals surface area contributed by atoms with Gasteiger partial charge in [0.25, 0.3) is 0 Å². The SMILES string of the molecule is [Ir].[c-]1c(Cn2c[c-]c3ccccc32)cccc1Cn1n[c-]c2ccccc21.[c-]1cn(Cc2cccc(Cn3c[c-]c4ccccc43)n2)c2ccccc12. The smallest absolute Gasteiger partial charge is 0.0594 e. The fourth-order valence-electron chi connectivity index (χ4n) is 6.82. The summed E-state index contributed by atoms with van der Waals surface area (Å²) in [5.74, 6) is 0. The van der Waals surface area contributed by atoms with Crippen LogP contribution in [0.25, 0.3) is 43.6 Å². The molecule has 0 aliphatic heterocycles. The first-order valence-corrected chi connectivity index (χ1v) is 17.4. The zero-order valence-corrected chi connectivity index (χ0v) is 31.2. The van der Waals surface area contributed by atoms with Crippen LogP contribution in [0.4, 0.5) is 0 Å². The summed E-state index contributed by atoms with van der Waals surface area (Å²) in [6.07, 6.45) is 9.10. The Morgan fingerprint density at radius 2 is 0.849 bits per heavy atom. The summed E-state index contributed by atoms with van der Waals surface area (Å²) in [6, 6.07) is 59.1. The van der Waals surface area contributed by atoms with Crippen molar-refractivity contribution in [3.8, 4) is 0 Å². The fourth-order valence-corrected chi connectivity index (χ4v) is 6.82. The molecule has 0 spiro atoms. The number of nitrogens with zero attached hydrogens (tertiary/aromatic N) is 6. The van der Waals surface area contributed by atoms with Crippen LogP contribution in [-0.2, 0) is 46.3 Å². The Balaban J connectivity index is 0.000000148. The average Bonchev–Trinajstić information content (AvgIpc) is 3.99. The van der Waals surface area contributed by atoms with E-state index in [1.54, 1.807) is 0 Å². The Labute approximate surface area is 321 Å². The maximum atomic E-state index is 4.87. The van der Waals surface area contributed by atoms with Crippen LogP contribution < -0.4 is 0 Å². The van der Waals surface area contributed by atoms with Gasteiger partial charge < -0.3 is 18.4 Å². The fraction of sp³-hybridized carbons (Fsp3) is 0.0870. The van der Waals surface area contributed by atoms with E-state index in [1.807, 2.05) is 59.7 Å². The van der Waals surface area contributed by atoms with E-state index < -0.39 is 0 Å². The molecule has 0 unspecified atom stereocenters. The maximum absolute atomic E-state index is 4.87. The van der Waals surface area contributed by atoms with Crippen molar-refractivity contribution in [1.29, 1.82) is 0 Å². The monoisotopic (exact) mass is 862 g/mol. The van der Waals surface area contributed by atoms with E-state index in [-0.39, 0.29) is 20.1 Å². The molecule has 5 heterocycles. The number of benzene rings is 5. The third-order valence-corrected chi connectivity index (χ3v) is 9.35. The van der Waals surface area contributed by atoms with Crippen molar-refractivity contribution in [2.24, 2.45) is 0 Å². The molecule has 0 saturated carbocycles. The van der Waals surface area contributed by atoms with Crippen molar-refractivity contribution in [2.75, 3.05) is 0 Å². The minimum Gasteiger partial charge on any atom is -0.409 e. The van der Waals surface area contributed by atoms with Gasteiger partial charge in [-0.15, -0.1) is 40.8 Å². The van der Waals surface area contributed by atoms with Crippen LogP contribution in [-0.4, -0.2) is 28.5 Å². The van der Waals surface area contributed by atoms with Gasteiger partial charge in [-0.3, -0.25) is 10.1 Å². The Kier molecular flexibility index (Phi) is 9.85. The number of rotatable bonds is 8. The molecule has 261 valence electrons. The van der Waals surface area contributed by atoms with Crippen LogP contribution in [0, 0.1) is 30.5 Å². The summed E-state index contributed by atoms with van der Waals surface area (Å²) in [5, 5.41) is 8.85. The maximum Gasteiger partial charge on any atom is 0.0594 e. The van der Waals surface area contributed by atoms with E-state index >= 15 is 0 Å². The van der Waals surface area contributed by atoms with E-state index in [4.69, 9.17) is 4.98 Å². The third kappa shape index (κ3) is 7.36. The topological polar surface area (TPSA) is 45.5 Å². The zero-order chi connectivity index (χ0) is 34.7. The molecule has 0 aliphatic carbocycles. The molecule has 0 bridgehead atoms. The zero-order valence-electron chi connectivity index (χ0n) is 28.8. The summed E-state index contributed by atoms with van der Waals surface area (Å²) in [6.45, 7) is 2.97. The van der Waals surface area contributed by atoms with Crippen molar-refractivity contribution in [3.05, 3.63) is 205 Å². The summed E-state index contributed by atoms with van der Waals surface area (Å²) in [4.78, 5) is 4.87. The second kappa shape index (κ2) is 15.3. The number of pyridine rings is 1. The molecular formula is C46H33IrN6-5. The van der Waals surface area contributed by atoms with Crippen LogP contribution in [0.1, 0.15) is 22.5 Å². The molecule has 0 atom stereocenters. The molecule has 5 aromatic heterocycles. The Morgan fingerprint density at radius 1 is 0.415 bits per heavy atom. The van der Waals surface area contributed by atoms with Crippen LogP contribution in [0.15, 0.2) is 152 Å². The molecule has 10 aromatic rings. The Morgan fingerprint density at radius 3 is 1.40 bits per heavy atom. The normalized spacial score (nSPS) is 11.2. The van der Waals surface area contributed by atoms with Gasteiger partial charge in [0.1, 0.15) is 0 Å². The first-order chi connectivity index (χ1) is 25.7. The van der Waals surface area contributed by atoms with Crippen LogP contribution in [0.2, 0.25) is 0 Å². The second-order valence-corrected chi connectivity index (χ2v) is 12.9. The van der Waals surface area contributed by atoms with E-state index in [0.717, 1.165) is 69.2 Å². The molecule has 1 radical (unpaired) electrons. The average molecular weight is 862 g/mol. The van der Waals surface area contributed by atoms with E-state index in [9.17, 15) is 0 Å². The summed E-state index contributed by atoms with van der Waals surface area (Å²) in [7, 11) is 0. The largest absolute Gasteiger partial charge is 0.409 e. The van der Waals surface area contributed by atoms with Crippen molar-refractivity contribution in [1.82, 2.24) is 28.5 Å². The van der Waals surface area contributed by atoms with Crippen LogP contribution >= 0.6 is 0 Å². The van der Waals surface area contributed by atoms with E-state index in [2.05, 4.69) is 146 Å². The molecule has 0 saturated heterocycles. The predicted octanol–water partition coefficient (Wildman–Crippen LogP) is 9.17. The molecule has 6 nitrogen and oxygen atoms in total. The predicted molar refractivity (Wildman–Crippen MR) is 207 cm³/mol. The molecule has 0 fully saturated rings. The molecular weight excluding hydrogens is 829 g/mol. The number of fused-ring (bicyclic) bond motifs is 4. The van der Waals surface area contributed by atoms with Crippen molar-refractivity contribution < 1.29 is 20.1 Å². The van der Waals surface area contributed by atoms with Gasteiger partial charge in [0, 0.05) is 33.2 Å². The van der Waals surface area contributed by atoms with Gasteiger partial charge in [0.2, 0.25) is 0 Å². The molecule has 0 amide bonds. The van der Waals surface area contributed by atoms with Gasteiger partial charge in [-0.05, 0) is 23.8 Å². The van der Waals surface area contributed by atoms with Gasteiger partial charge in [0.05, 0.1) is 24.5 Å². The molecule has 5 aromatic carbocycles. The van der Waals surface area contributed by atoms with E-state index in [1.165, 1.54) is 16.6 Å². The van der Waals surface area contributed by atoms with E-state index in [0.29, 0.717) is 6.54 Å². The minimum absolute atomic E-state index is 0. The van der Waals surface area contributed by atoms with Crippen LogP contribution in [0.5, 0.6) is 0 Å².